The van der Waals surface area contributed by atoms with Gasteiger partial charge in [-0.2, -0.15) is 0 Å². The summed E-state index contributed by atoms with van der Waals surface area (Å²) in [5, 5.41) is 9.48. The minimum Gasteiger partial charge on any atom is -0.496 e. The van der Waals surface area contributed by atoms with E-state index in [-0.39, 0.29) is 11.0 Å². The number of rotatable bonds is 2. The van der Waals surface area contributed by atoms with Crippen molar-refractivity contribution in [3.05, 3.63) is 28.3 Å². The van der Waals surface area contributed by atoms with Crippen LogP contribution in [0.5, 0.6) is 5.75 Å². The highest BCUT2D eigenvalue weighted by Crippen LogP contribution is 2.36. The smallest absolute Gasteiger partial charge is 0.339 e. The number of aromatic carboxylic acids is 1. The van der Waals surface area contributed by atoms with Crippen molar-refractivity contribution in [1.82, 2.24) is 0 Å². The molecular formula is C12H15ClO3. The number of methoxy groups -OCH3 is 1. The Morgan fingerprint density at radius 3 is 2.31 bits per heavy atom. The van der Waals surface area contributed by atoms with Crippen LogP contribution in [0.1, 0.15) is 36.7 Å². The molecular weight excluding hydrogens is 228 g/mol. The largest absolute Gasteiger partial charge is 0.496 e. The van der Waals surface area contributed by atoms with E-state index in [4.69, 9.17) is 21.4 Å². The van der Waals surface area contributed by atoms with Crippen LogP contribution < -0.4 is 4.74 Å². The van der Waals surface area contributed by atoms with Gasteiger partial charge >= 0.3 is 5.97 Å². The second-order valence-electron chi connectivity index (χ2n) is 4.59. The van der Waals surface area contributed by atoms with Gasteiger partial charge in [0.05, 0.1) is 7.11 Å². The summed E-state index contributed by atoms with van der Waals surface area (Å²) >= 11 is 5.91. The zero-order valence-electron chi connectivity index (χ0n) is 9.80. The summed E-state index contributed by atoms with van der Waals surface area (Å²) in [4.78, 5) is 11.1. The van der Waals surface area contributed by atoms with Crippen molar-refractivity contribution in [2.75, 3.05) is 7.11 Å². The zero-order valence-corrected chi connectivity index (χ0v) is 10.6. The lowest BCUT2D eigenvalue weighted by atomic mass is 9.85. The van der Waals surface area contributed by atoms with Crippen LogP contribution in [0.25, 0.3) is 0 Å². The summed E-state index contributed by atoms with van der Waals surface area (Å²) in [7, 11) is 1.46. The van der Waals surface area contributed by atoms with Gasteiger partial charge in [0.25, 0.3) is 0 Å². The maximum atomic E-state index is 11.1. The molecule has 0 aromatic heterocycles. The highest BCUT2D eigenvalue weighted by molar-refractivity contribution is 6.31. The monoisotopic (exact) mass is 242 g/mol. The maximum Gasteiger partial charge on any atom is 0.339 e. The van der Waals surface area contributed by atoms with Gasteiger partial charge in [0.1, 0.15) is 11.3 Å². The average molecular weight is 243 g/mol. The van der Waals surface area contributed by atoms with Gasteiger partial charge in [-0.1, -0.05) is 32.4 Å². The molecule has 3 nitrogen and oxygen atoms in total. The van der Waals surface area contributed by atoms with E-state index < -0.39 is 5.97 Å². The quantitative estimate of drug-likeness (QED) is 0.865. The number of carboxylic acid groups (broad SMARTS) is 1. The van der Waals surface area contributed by atoms with Crippen LogP contribution in [-0.4, -0.2) is 18.2 Å². The number of carboxylic acids is 1. The Morgan fingerprint density at radius 1 is 1.38 bits per heavy atom. The summed E-state index contributed by atoms with van der Waals surface area (Å²) < 4.78 is 5.18. The maximum absolute atomic E-state index is 11.1. The molecule has 0 saturated carbocycles. The second-order valence-corrected chi connectivity index (χ2v) is 5.03. The van der Waals surface area contributed by atoms with Crippen molar-refractivity contribution >= 4 is 17.6 Å². The van der Waals surface area contributed by atoms with Crippen LogP contribution in [0.2, 0.25) is 5.02 Å². The number of benzene rings is 1. The van der Waals surface area contributed by atoms with E-state index in [0.29, 0.717) is 10.8 Å². The van der Waals surface area contributed by atoms with Gasteiger partial charge in [-0.05, 0) is 17.5 Å². The van der Waals surface area contributed by atoms with Crippen molar-refractivity contribution in [2.24, 2.45) is 0 Å². The molecule has 0 atom stereocenters. The Balaban J connectivity index is 3.55. The van der Waals surface area contributed by atoms with Crippen molar-refractivity contribution < 1.29 is 14.6 Å². The number of carbonyl (C=O) groups is 1. The number of hydrogen-bond donors (Lipinski definition) is 1. The average Bonchev–Trinajstić information content (AvgIpc) is 2.14. The minimum atomic E-state index is -1.04. The van der Waals surface area contributed by atoms with Gasteiger partial charge in [-0.25, -0.2) is 4.79 Å². The topological polar surface area (TPSA) is 46.5 Å². The van der Waals surface area contributed by atoms with Crippen molar-refractivity contribution in [1.29, 1.82) is 0 Å². The number of hydrogen-bond acceptors (Lipinski definition) is 2. The van der Waals surface area contributed by atoms with Gasteiger partial charge in [-0.3, -0.25) is 0 Å². The molecule has 4 heteroatoms. The molecule has 0 fully saturated rings. The first-order valence-corrected chi connectivity index (χ1v) is 5.26. The van der Waals surface area contributed by atoms with Crippen molar-refractivity contribution in [3.63, 3.8) is 0 Å². The van der Waals surface area contributed by atoms with E-state index in [2.05, 4.69) is 0 Å². The SMILES string of the molecule is COc1c(C(=O)O)cc(Cl)cc1C(C)(C)C. The van der Waals surface area contributed by atoms with Gasteiger partial charge in [0, 0.05) is 10.6 Å². The van der Waals surface area contributed by atoms with Crippen LogP contribution in [0.15, 0.2) is 12.1 Å². The molecule has 0 aliphatic heterocycles. The molecule has 0 aliphatic rings. The first kappa shape index (κ1) is 12.8. The lowest BCUT2D eigenvalue weighted by Crippen LogP contribution is -2.15. The third-order valence-corrected chi connectivity index (χ3v) is 2.51. The molecule has 1 rings (SSSR count). The summed E-state index contributed by atoms with van der Waals surface area (Å²) in [6.45, 7) is 5.94. The predicted molar refractivity (Wildman–Crippen MR) is 63.7 cm³/mol. The number of ether oxygens (including phenoxy) is 1. The summed E-state index contributed by atoms with van der Waals surface area (Å²) in [6.07, 6.45) is 0. The Morgan fingerprint density at radius 2 is 1.94 bits per heavy atom. The first-order valence-electron chi connectivity index (χ1n) is 4.88. The molecule has 1 aromatic carbocycles. The fourth-order valence-electron chi connectivity index (χ4n) is 1.53. The second kappa shape index (κ2) is 4.34. The Kier molecular flexibility index (Phi) is 3.48. The van der Waals surface area contributed by atoms with Crippen LogP contribution in [0.4, 0.5) is 0 Å². The van der Waals surface area contributed by atoms with E-state index in [1.807, 2.05) is 20.8 Å². The molecule has 0 radical (unpaired) electrons. The number of halogens is 1. The summed E-state index contributed by atoms with van der Waals surface area (Å²) in [6, 6.07) is 3.14. The summed E-state index contributed by atoms with van der Waals surface area (Å²) in [5.74, 6) is -0.658. The van der Waals surface area contributed by atoms with Gasteiger partial charge < -0.3 is 9.84 Å². The van der Waals surface area contributed by atoms with Crippen molar-refractivity contribution in [3.8, 4) is 5.75 Å². The molecule has 0 heterocycles. The first-order chi connectivity index (χ1) is 7.27. The highest BCUT2D eigenvalue weighted by atomic mass is 35.5. The Labute approximate surface area is 100.0 Å². The van der Waals surface area contributed by atoms with Gasteiger partial charge in [0.15, 0.2) is 0 Å². The zero-order chi connectivity index (χ0) is 12.5. The van der Waals surface area contributed by atoms with E-state index in [1.54, 1.807) is 6.07 Å². The summed E-state index contributed by atoms with van der Waals surface area (Å²) in [5.41, 5.74) is 0.667. The molecule has 0 spiro atoms. The molecule has 0 aliphatic carbocycles. The molecule has 1 N–H and O–H groups in total. The van der Waals surface area contributed by atoms with Gasteiger partial charge in [0.2, 0.25) is 0 Å². The van der Waals surface area contributed by atoms with Crippen molar-refractivity contribution in [2.45, 2.75) is 26.2 Å². The lowest BCUT2D eigenvalue weighted by molar-refractivity contribution is 0.0693. The fraction of sp³-hybridized carbons (Fsp3) is 0.417. The third kappa shape index (κ3) is 2.47. The fourth-order valence-corrected chi connectivity index (χ4v) is 1.75. The lowest BCUT2D eigenvalue weighted by Gasteiger charge is -2.23. The van der Waals surface area contributed by atoms with E-state index in [9.17, 15) is 4.79 Å². The molecule has 0 bridgehead atoms. The Bertz CT molecular complexity index is 419. The molecule has 0 amide bonds. The molecule has 0 unspecified atom stereocenters. The minimum absolute atomic E-state index is 0.0972. The van der Waals surface area contributed by atoms with Crippen LogP contribution in [0, 0.1) is 0 Å². The van der Waals surface area contributed by atoms with E-state index in [1.165, 1.54) is 13.2 Å². The van der Waals surface area contributed by atoms with Gasteiger partial charge in [-0.15, -0.1) is 0 Å². The van der Waals surface area contributed by atoms with E-state index >= 15 is 0 Å². The van der Waals surface area contributed by atoms with Crippen LogP contribution in [0.3, 0.4) is 0 Å². The standard InChI is InChI=1S/C12H15ClO3/c1-12(2,3)9-6-7(13)5-8(11(14)15)10(9)16-4/h5-6H,1-4H3,(H,14,15). The predicted octanol–water partition coefficient (Wildman–Crippen LogP) is 3.34. The normalized spacial score (nSPS) is 11.3. The molecule has 16 heavy (non-hydrogen) atoms. The molecule has 1 aromatic rings. The van der Waals surface area contributed by atoms with Crippen LogP contribution in [-0.2, 0) is 5.41 Å². The highest BCUT2D eigenvalue weighted by Gasteiger charge is 2.24. The third-order valence-electron chi connectivity index (χ3n) is 2.30. The van der Waals surface area contributed by atoms with Crippen LogP contribution >= 0.6 is 11.6 Å². The molecule has 88 valence electrons. The Hall–Kier alpha value is -1.22. The van der Waals surface area contributed by atoms with E-state index in [0.717, 1.165) is 5.56 Å². The molecule has 0 saturated heterocycles.